The Kier molecular flexibility index (Phi) is 7.41. The molecule has 150 valence electrons. The number of anilines is 1. The molecular formula is C21H19BrClN3O2S. The first-order chi connectivity index (χ1) is 13.9. The molecule has 0 unspecified atom stereocenters. The van der Waals surface area contributed by atoms with Crippen molar-refractivity contribution in [2.75, 3.05) is 11.9 Å². The number of nitrogens with zero attached hydrogens (tertiary/aromatic N) is 1. The number of carbonyl (C=O) groups is 2. The molecule has 0 saturated carbocycles. The Balaban J connectivity index is 1.46. The van der Waals surface area contributed by atoms with Crippen molar-refractivity contribution in [1.29, 1.82) is 0 Å². The van der Waals surface area contributed by atoms with Gasteiger partial charge in [-0.15, -0.1) is 11.3 Å². The molecule has 3 rings (SSSR count). The van der Waals surface area contributed by atoms with Crippen molar-refractivity contribution in [3.8, 4) is 11.3 Å². The topological polar surface area (TPSA) is 71.1 Å². The number of thiazole rings is 1. The summed E-state index contributed by atoms with van der Waals surface area (Å²) in [7, 11) is 0. The average Bonchev–Trinajstić information content (AvgIpc) is 3.06. The second-order valence-electron chi connectivity index (χ2n) is 6.35. The van der Waals surface area contributed by atoms with E-state index in [1.54, 1.807) is 24.3 Å². The Labute approximate surface area is 186 Å². The van der Waals surface area contributed by atoms with Gasteiger partial charge in [0.1, 0.15) is 0 Å². The summed E-state index contributed by atoms with van der Waals surface area (Å²) < 4.78 is 1.01. The standard InChI is InChI=1S/C21H19BrClN3O2S/c1-13-19(14-4-8-16(22)9-5-14)26-21(29-13)25-18(27)3-2-12-24-20(28)15-6-10-17(23)11-7-15/h4-11H,2-3,12H2,1H3,(H,24,28)(H,25,26,27). The van der Waals surface area contributed by atoms with Gasteiger partial charge in [-0.05, 0) is 49.7 Å². The van der Waals surface area contributed by atoms with Gasteiger partial charge >= 0.3 is 0 Å². The van der Waals surface area contributed by atoms with Gasteiger partial charge in [0.2, 0.25) is 5.91 Å². The first kappa shape index (κ1) is 21.5. The van der Waals surface area contributed by atoms with Gasteiger partial charge in [-0.1, -0.05) is 39.7 Å². The Hall–Kier alpha value is -2.22. The van der Waals surface area contributed by atoms with Crippen molar-refractivity contribution < 1.29 is 9.59 Å². The Morgan fingerprint density at radius 2 is 1.79 bits per heavy atom. The molecule has 5 nitrogen and oxygen atoms in total. The minimum atomic E-state index is -0.184. The number of amides is 2. The molecule has 0 aliphatic heterocycles. The second-order valence-corrected chi connectivity index (χ2v) is 8.90. The van der Waals surface area contributed by atoms with Crippen LogP contribution in [-0.4, -0.2) is 23.3 Å². The first-order valence-corrected chi connectivity index (χ1v) is 11.0. The van der Waals surface area contributed by atoms with Crippen molar-refractivity contribution in [2.24, 2.45) is 0 Å². The van der Waals surface area contributed by atoms with Gasteiger partial charge in [-0.25, -0.2) is 4.98 Å². The number of rotatable bonds is 7. The van der Waals surface area contributed by atoms with Crippen molar-refractivity contribution in [3.05, 3.63) is 68.5 Å². The molecule has 1 heterocycles. The Morgan fingerprint density at radius 1 is 1.10 bits per heavy atom. The molecule has 1 aromatic heterocycles. The summed E-state index contributed by atoms with van der Waals surface area (Å²) in [6.45, 7) is 2.40. The predicted octanol–water partition coefficient (Wildman–Crippen LogP) is 5.68. The fourth-order valence-corrected chi connectivity index (χ4v) is 3.90. The van der Waals surface area contributed by atoms with E-state index >= 15 is 0 Å². The SMILES string of the molecule is Cc1sc(NC(=O)CCCNC(=O)c2ccc(Cl)cc2)nc1-c1ccc(Br)cc1. The van der Waals surface area contributed by atoms with Crippen molar-refractivity contribution in [2.45, 2.75) is 19.8 Å². The number of hydrogen-bond donors (Lipinski definition) is 2. The normalized spacial score (nSPS) is 10.6. The zero-order valence-electron chi connectivity index (χ0n) is 15.7. The maximum atomic E-state index is 12.2. The summed E-state index contributed by atoms with van der Waals surface area (Å²) in [4.78, 5) is 29.8. The van der Waals surface area contributed by atoms with E-state index in [2.05, 4.69) is 31.5 Å². The summed E-state index contributed by atoms with van der Waals surface area (Å²) in [6.07, 6.45) is 0.836. The van der Waals surface area contributed by atoms with Gasteiger partial charge < -0.3 is 10.6 Å². The van der Waals surface area contributed by atoms with E-state index < -0.39 is 0 Å². The number of benzene rings is 2. The van der Waals surface area contributed by atoms with Crippen LogP contribution in [0.4, 0.5) is 5.13 Å². The molecule has 0 radical (unpaired) electrons. The van der Waals surface area contributed by atoms with Crippen LogP contribution in [0.3, 0.4) is 0 Å². The number of halogens is 2. The van der Waals surface area contributed by atoms with E-state index in [4.69, 9.17) is 11.6 Å². The van der Waals surface area contributed by atoms with Crippen LogP contribution in [0.1, 0.15) is 28.1 Å². The van der Waals surface area contributed by atoms with E-state index in [1.807, 2.05) is 31.2 Å². The van der Waals surface area contributed by atoms with Crippen molar-refractivity contribution in [1.82, 2.24) is 10.3 Å². The third-order valence-corrected chi connectivity index (χ3v) is 5.80. The molecule has 0 bridgehead atoms. The molecule has 2 amide bonds. The molecule has 0 spiro atoms. The van der Waals surface area contributed by atoms with Gasteiger partial charge in [0.05, 0.1) is 5.69 Å². The number of hydrogen-bond acceptors (Lipinski definition) is 4. The van der Waals surface area contributed by atoms with Crippen LogP contribution in [0.25, 0.3) is 11.3 Å². The van der Waals surface area contributed by atoms with Crippen LogP contribution in [0, 0.1) is 6.92 Å². The van der Waals surface area contributed by atoms with Gasteiger partial charge in [0.25, 0.3) is 5.91 Å². The minimum absolute atomic E-state index is 0.123. The monoisotopic (exact) mass is 491 g/mol. The molecule has 0 atom stereocenters. The molecular weight excluding hydrogens is 474 g/mol. The number of nitrogens with one attached hydrogen (secondary N) is 2. The molecule has 3 aromatic rings. The van der Waals surface area contributed by atoms with Crippen LogP contribution in [-0.2, 0) is 4.79 Å². The maximum Gasteiger partial charge on any atom is 0.251 e. The lowest BCUT2D eigenvalue weighted by Gasteiger charge is -2.05. The van der Waals surface area contributed by atoms with Crippen LogP contribution >= 0.6 is 38.9 Å². The first-order valence-electron chi connectivity index (χ1n) is 8.99. The van der Waals surface area contributed by atoms with Crippen molar-refractivity contribution >= 4 is 55.8 Å². The lowest BCUT2D eigenvalue weighted by atomic mass is 10.1. The van der Waals surface area contributed by atoms with Gasteiger partial charge in [0, 0.05) is 38.5 Å². The van der Waals surface area contributed by atoms with E-state index in [-0.39, 0.29) is 11.8 Å². The Morgan fingerprint density at radius 3 is 2.48 bits per heavy atom. The summed E-state index contributed by atoms with van der Waals surface area (Å²) >= 11 is 10.7. The van der Waals surface area contributed by atoms with E-state index in [0.717, 1.165) is 20.6 Å². The third kappa shape index (κ3) is 6.13. The zero-order valence-corrected chi connectivity index (χ0v) is 18.8. The third-order valence-electron chi connectivity index (χ3n) is 4.13. The fourth-order valence-electron chi connectivity index (χ4n) is 2.66. The quantitative estimate of drug-likeness (QED) is 0.417. The molecule has 29 heavy (non-hydrogen) atoms. The summed E-state index contributed by atoms with van der Waals surface area (Å²) in [6, 6.07) is 14.6. The van der Waals surface area contributed by atoms with E-state index in [9.17, 15) is 9.59 Å². The Bertz CT molecular complexity index is 1000. The highest BCUT2D eigenvalue weighted by Gasteiger charge is 2.12. The smallest absolute Gasteiger partial charge is 0.251 e. The second kappa shape index (κ2) is 10.0. The molecule has 0 aliphatic rings. The van der Waals surface area contributed by atoms with Gasteiger partial charge in [-0.2, -0.15) is 0 Å². The minimum Gasteiger partial charge on any atom is -0.352 e. The van der Waals surface area contributed by atoms with Crippen LogP contribution < -0.4 is 10.6 Å². The predicted molar refractivity (Wildman–Crippen MR) is 122 cm³/mol. The van der Waals surface area contributed by atoms with Crippen molar-refractivity contribution in [3.63, 3.8) is 0 Å². The van der Waals surface area contributed by atoms with E-state index in [0.29, 0.717) is 35.1 Å². The molecule has 0 fully saturated rings. The highest BCUT2D eigenvalue weighted by atomic mass is 79.9. The molecule has 2 aromatic carbocycles. The summed E-state index contributed by atoms with van der Waals surface area (Å²) in [5.74, 6) is -0.307. The maximum absolute atomic E-state index is 12.2. The number of aryl methyl sites for hydroxylation is 1. The van der Waals surface area contributed by atoms with Crippen LogP contribution in [0.5, 0.6) is 0 Å². The molecule has 0 aliphatic carbocycles. The highest BCUT2D eigenvalue weighted by molar-refractivity contribution is 9.10. The van der Waals surface area contributed by atoms with E-state index in [1.165, 1.54) is 11.3 Å². The molecule has 2 N–H and O–H groups in total. The largest absolute Gasteiger partial charge is 0.352 e. The number of carbonyl (C=O) groups excluding carboxylic acids is 2. The fraction of sp³-hybridized carbons (Fsp3) is 0.190. The lowest BCUT2D eigenvalue weighted by Crippen LogP contribution is -2.25. The van der Waals surface area contributed by atoms with Crippen LogP contribution in [0.15, 0.2) is 53.0 Å². The van der Waals surface area contributed by atoms with Gasteiger partial charge in [-0.3, -0.25) is 9.59 Å². The number of aromatic nitrogens is 1. The van der Waals surface area contributed by atoms with Gasteiger partial charge in [0.15, 0.2) is 5.13 Å². The summed E-state index contributed by atoms with van der Waals surface area (Å²) in [5.41, 5.74) is 2.41. The zero-order chi connectivity index (χ0) is 20.8. The molecule has 8 heteroatoms. The van der Waals surface area contributed by atoms with Crippen LogP contribution in [0.2, 0.25) is 5.02 Å². The molecule has 0 saturated heterocycles. The highest BCUT2D eigenvalue weighted by Crippen LogP contribution is 2.31. The average molecular weight is 493 g/mol. The lowest BCUT2D eigenvalue weighted by molar-refractivity contribution is -0.116. The summed E-state index contributed by atoms with van der Waals surface area (Å²) in [5, 5.41) is 6.80.